The van der Waals surface area contributed by atoms with Gasteiger partial charge in [0.2, 0.25) is 5.91 Å². The zero-order valence-electron chi connectivity index (χ0n) is 18.4. The Bertz CT molecular complexity index is 1090. The number of benzene rings is 2. The normalized spacial score (nSPS) is 14.9. The van der Waals surface area contributed by atoms with Gasteiger partial charge in [0, 0.05) is 19.1 Å². The fraction of sp³-hybridized carbons (Fsp3) is 0.440. The number of hydrogen-bond acceptors (Lipinski definition) is 4. The predicted octanol–water partition coefficient (Wildman–Crippen LogP) is 3.95. The highest BCUT2D eigenvalue weighted by Gasteiger charge is 2.18. The second-order valence-corrected chi connectivity index (χ2v) is 8.63. The van der Waals surface area contributed by atoms with Crippen molar-refractivity contribution >= 4 is 17.0 Å². The third-order valence-corrected chi connectivity index (χ3v) is 6.34. The molecule has 0 atom stereocenters. The van der Waals surface area contributed by atoms with E-state index in [1.165, 1.54) is 42.2 Å². The summed E-state index contributed by atoms with van der Waals surface area (Å²) in [5, 5.41) is 2.95. The second-order valence-electron chi connectivity index (χ2n) is 8.63. The molecule has 0 spiro atoms. The number of nitrogens with one attached hydrogen (secondary N) is 1. The molecular formula is C25H31N3O3. The number of rotatable bonds is 7. The smallest absolute Gasteiger partial charge is 0.408 e. The number of nitrogens with zero attached hydrogens (tertiary/aromatic N) is 2. The van der Waals surface area contributed by atoms with E-state index in [0.717, 1.165) is 17.7 Å². The molecule has 1 aliphatic carbocycles. The number of fused-ring (bicyclic) bond motifs is 1. The van der Waals surface area contributed by atoms with Crippen molar-refractivity contribution in [3.05, 3.63) is 58.6 Å². The summed E-state index contributed by atoms with van der Waals surface area (Å²) in [7, 11) is 2.13. The van der Waals surface area contributed by atoms with E-state index in [2.05, 4.69) is 41.5 Å². The van der Waals surface area contributed by atoms with E-state index < -0.39 is 5.76 Å². The average Bonchev–Trinajstić information content (AvgIpc) is 3.09. The van der Waals surface area contributed by atoms with Gasteiger partial charge in [0.15, 0.2) is 5.58 Å². The molecule has 1 aliphatic rings. The number of aryl methyl sites for hydroxylation is 1. The molecule has 1 fully saturated rings. The summed E-state index contributed by atoms with van der Waals surface area (Å²) >= 11 is 0. The van der Waals surface area contributed by atoms with E-state index in [0.29, 0.717) is 23.7 Å². The molecular weight excluding hydrogens is 390 g/mol. The van der Waals surface area contributed by atoms with Gasteiger partial charge in [-0.25, -0.2) is 4.79 Å². The average molecular weight is 422 g/mol. The number of amides is 1. The van der Waals surface area contributed by atoms with Crippen LogP contribution in [0.2, 0.25) is 0 Å². The van der Waals surface area contributed by atoms with Gasteiger partial charge in [-0.05, 0) is 50.1 Å². The molecule has 2 aromatic carbocycles. The van der Waals surface area contributed by atoms with Crippen molar-refractivity contribution in [2.45, 2.75) is 51.6 Å². The maximum atomic E-state index is 12.5. The number of hydrogen-bond donors (Lipinski definition) is 1. The first-order valence-corrected chi connectivity index (χ1v) is 11.2. The molecule has 31 heavy (non-hydrogen) atoms. The first-order chi connectivity index (χ1) is 15.0. The van der Waals surface area contributed by atoms with Gasteiger partial charge >= 0.3 is 5.76 Å². The summed E-state index contributed by atoms with van der Waals surface area (Å²) < 4.78 is 6.76. The molecule has 1 amide bonds. The quantitative estimate of drug-likeness (QED) is 0.627. The van der Waals surface area contributed by atoms with Crippen LogP contribution in [0, 0.1) is 6.92 Å². The summed E-state index contributed by atoms with van der Waals surface area (Å²) in [5.41, 5.74) is 4.36. The maximum absolute atomic E-state index is 12.5. The van der Waals surface area contributed by atoms with Gasteiger partial charge in [0.1, 0.15) is 6.54 Å². The Morgan fingerprint density at radius 1 is 1.10 bits per heavy atom. The number of carbonyl (C=O) groups excluding carboxylic acids is 1. The molecule has 0 radical (unpaired) electrons. The Morgan fingerprint density at radius 3 is 2.55 bits per heavy atom. The van der Waals surface area contributed by atoms with Crippen molar-refractivity contribution < 1.29 is 9.21 Å². The predicted molar refractivity (Wildman–Crippen MR) is 123 cm³/mol. The Labute approximate surface area is 182 Å². The zero-order valence-corrected chi connectivity index (χ0v) is 18.4. The Morgan fingerprint density at radius 2 is 1.81 bits per heavy atom. The van der Waals surface area contributed by atoms with Gasteiger partial charge in [-0.1, -0.05) is 55.2 Å². The van der Waals surface area contributed by atoms with Crippen molar-refractivity contribution in [3.63, 3.8) is 0 Å². The molecule has 1 aromatic heterocycles. The largest absolute Gasteiger partial charge is 0.420 e. The number of aromatic nitrogens is 1. The van der Waals surface area contributed by atoms with E-state index in [1.54, 1.807) is 6.07 Å². The van der Waals surface area contributed by atoms with E-state index in [1.807, 2.05) is 19.1 Å². The topological polar surface area (TPSA) is 67.5 Å². The lowest BCUT2D eigenvalue weighted by atomic mass is 9.94. The molecule has 6 heteroatoms. The van der Waals surface area contributed by atoms with E-state index >= 15 is 0 Å². The van der Waals surface area contributed by atoms with Crippen LogP contribution in [0.25, 0.3) is 22.2 Å². The van der Waals surface area contributed by atoms with Crippen LogP contribution < -0.4 is 11.1 Å². The third kappa shape index (κ3) is 5.07. The minimum absolute atomic E-state index is 0.0453. The van der Waals surface area contributed by atoms with Crippen LogP contribution in [0.4, 0.5) is 0 Å². The monoisotopic (exact) mass is 421 g/mol. The van der Waals surface area contributed by atoms with Crippen molar-refractivity contribution in [3.8, 4) is 11.1 Å². The lowest BCUT2D eigenvalue weighted by Crippen LogP contribution is -2.40. The number of likely N-dealkylation sites (N-methyl/N-ethyl adjacent to an activating group) is 1. The van der Waals surface area contributed by atoms with Gasteiger partial charge < -0.3 is 14.6 Å². The first kappa shape index (κ1) is 21.4. The third-order valence-electron chi connectivity index (χ3n) is 6.34. The molecule has 0 saturated heterocycles. The number of carbonyl (C=O) groups is 1. The van der Waals surface area contributed by atoms with Crippen molar-refractivity contribution in [1.29, 1.82) is 0 Å². The van der Waals surface area contributed by atoms with Gasteiger partial charge in [-0.15, -0.1) is 0 Å². The summed E-state index contributed by atoms with van der Waals surface area (Å²) in [4.78, 5) is 27.2. The summed E-state index contributed by atoms with van der Waals surface area (Å²) in [6.07, 6.45) is 6.40. The molecule has 0 unspecified atom stereocenters. The highest BCUT2D eigenvalue weighted by atomic mass is 16.4. The van der Waals surface area contributed by atoms with Gasteiger partial charge in [0.05, 0.1) is 5.52 Å². The maximum Gasteiger partial charge on any atom is 0.420 e. The lowest BCUT2D eigenvalue weighted by molar-refractivity contribution is -0.121. The van der Waals surface area contributed by atoms with Crippen LogP contribution in [-0.4, -0.2) is 41.6 Å². The SMILES string of the molecule is Cc1ccc(-c2ccc3oc(=O)n(CC(=O)NCCN(C)C4CCCCC4)c3c2)cc1. The minimum atomic E-state index is -0.509. The van der Waals surface area contributed by atoms with Crippen molar-refractivity contribution in [1.82, 2.24) is 14.8 Å². The Kier molecular flexibility index (Phi) is 6.56. The summed E-state index contributed by atoms with van der Waals surface area (Å²) in [6.45, 7) is 3.39. The Balaban J connectivity index is 1.41. The van der Waals surface area contributed by atoms with Gasteiger partial charge in [0.25, 0.3) is 0 Å². The lowest BCUT2D eigenvalue weighted by Gasteiger charge is -2.31. The van der Waals surface area contributed by atoms with Gasteiger partial charge in [-0.3, -0.25) is 9.36 Å². The highest BCUT2D eigenvalue weighted by molar-refractivity contribution is 5.83. The molecule has 1 heterocycles. The molecule has 4 rings (SSSR count). The highest BCUT2D eigenvalue weighted by Crippen LogP contribution is 2.24. The van der Waals surface area contributed by atoms with E-state index in [4.69, 9.17) is 4.42 Å². The summed E-state index contributed by atoms with van der Waals surface area (Å²) in [6, 6.07) is 14.5. The van der Waals surface area contributed by atoms with Crippen LogP contribution >= 0.6 is 0 Å². The fourth-order valence-corrected chi connectivity index (χ4v) is 4.41. The van der Waals surface area contributed by atoms with Gasteiger partial charge in [-0.2, -0.15) is 0 Å². The summed E-state index contributed by atoms with van der Waals surface area (Å²) in [5.74, 6) is -0.687. The molecule has 6 nitrogen and oxygen atoms in total. The molecule has 0 aliphatic heterocycles. The first-order valence-electron chi connectivity index (χ1n) is 11.2. The number of oxazole rings is 1. The zero-order chi connectivity index (χ0) is 21.8. The van der Waals surface area contributed by atoms with E-state index in [9.17, 15) is 9.59 Å². The van der Waals surface area contributed by atoms with Crippen LogP contribution in [-0.2, 0) is 11.3 Å². The molecule has 1 saturated carbocycles. The van der Waals surface area contributed by atoms with E-state index in [-0.39, 0.29) is 12.5 Å². The molecule has 1 N–H and O–H groups in total. The van der Waals surface area contributed by atoms with Crippen LogP contribution in [0.5, 0.6) is 0 Å². The molecule has 3 aromatic rings. The standard InChI is InChI=1S/C25H31N3O3/c1-18-8-10-19(11-9-18)20-12-13-23-22(16-20)28(25(30)31-23)17-24(29)26-14-15-27(2)21-6-4-3-5-7-21/h8-13,16,21H,3-7,14-15,17H2,1-2H3,(H,26,29). The molecule has 164 valence electrons. The second kappa shape index (κ2) is 9.52. The molecule has 0 bridgehead atoms. The fourth-order valence-electron chi connectivity index (χ4n) is 4.41. The van der Waals surface area contributed by atoms with Crippen molar-refractivity contribution in [2.75, 3.05) is 20.1 Å². The van der Waals surface area contributed by atoms with Crippen LogP contribution in [0.3, 0.4) is 0 Å². The van der Waals surface area contributed by atoms with Crippen LogP contribution in [0.1, 0.15) is 37.7 Å². The minimum Gasteiger partial charge on any atom is -0.408 e. The van der Waals surface area contributed by atoms with Crippen LogP contribution in [0.15, 0.2) is 51.7 Å². The van der Waals surface area contributed by atoms with Crippen molar-refractivity contribution in [2.24, 2.45) is 0 Å². The Hall–Kier alpha value is -2.86.